The van der Waals surface area contributed by atoms with Crippen molar-refractivity contribution in [2.24, 2.45) is 11.1 Å². The molecule has 0 fully saturated rings. The van der Waals surface area contributed by atoms with Gasteiger partial charge in [-0.15, -0.1) is 0 Å². The van der Waals surface area contributed by atoms with E-state index in [9.17, 15) is 4.79 Å². The van der Waals surface area contributed by atoms with E-state index in [1.54, 1.807) is 0 Å². The predicted octanol–water partition coefficient (Wildman–Crippen LogP) is 1.55. The first kappa shape index (κ1) is 17.4. The molecule has 0 aliphatic carbocycles. The van der Waals surface area contributed by atoms with E-state index < -0.39 is 0 Å². The van der Waals surface area contributed by atoms with E-state index in [0.717, 1.165) is 25.9 Å². The average Bonchev–Trinajstić information content (AvgIpc) is 2.32. The molecule has 4 heteroatoms. The minimum atomic E-state index is -0.378. The number of carbonyl (C=O) groups is 1. The number of likely N-dealkylation sites (N-methyl/N-ethyl adjacent to an activating group) is 2. The lowest BCUT2D eigenvalue weighted by Gasteiger charge is -2.38. The van der Waals surface area contributed by atoms with E-state index in [4.69, 9.17) is 5.73 Å². The van der Waals surface area contributed by atoms with Crippen molar-refractivity contribution >= 4 is 5.91 Å². The zero-order valence-electron chi connectivity index (χ0n) is 13.0. The summed E-state index contributed by atoms with van der Waals surface area (Å²) in [5.74, 6) is 0.215. The summed E-state index contributed by atoms with van der Waals surface area (Å²) in [6.07, 6.45) is 1.62. The van der Waals surface area contributed by atoms with Gasteiger partial charge in [0, 0.05) is 25.7 Å². The molecule has 1 unspecified atom stereocenters. The standard InChI is InChI=1S/C14H31N3O/c1-7-14(8-2,11-15)13(18)17(9-3)12(4)10-16(5)6/h12H,7-11,15H2,1-6H3. The zero-order valence-corrected chi connectivity index (χ0v) is 13.0. The summed E-state index contributed by atoms with van der Waals surface area (Å²) in [5, 5.41) is 0. The van der Waals surface area contributed by atoms with Gasteiger partial charge in [0.05, 0.1) is 5.41 Å². The first-order valence-electron chi connectivity index (χ1n) is 7.04. The first-order chi connectivity index (χ1) is 8.38. The Bertz CT molecular complexity index is 241. The Morgan fingerprint density at radius 1 is 1.22 bits per heavy atom. The van der Waals surface area contributed by atoms with Crippen LogP contribution in [-0.2, 0) is 4.79 Å². The van der Waals surface area contributed by atoms with Gasteiger partial charge in [0.25, 0.3) is 0 Å². The van der Waals surface area contributed by atoms with E-state index in [0.29, 0.717) is 6.54 Å². The number of amides is 1. The van der Waals surface area contributed by atoms with Crippen molar-refractivity contribution in [1.29, 1.82) is 0 Å². The van der Waals surface area contributed by atoms with Gasteiger partial charge in [-0.05, 0) is 40.8 Å². The third-order valence-corrected chi connectivity index (χ3v) is 3.96. The van der Waals surface area contributed by atoms with Crippen LogP contribution in [0.3, 0.4) is 0 Å². The molecule has 108 valence electrons. The molecule has 0 saturated carbocycles. The molecule has 4 nitrogen and oxygen atoms in total. The van der Waals surface area contributed by atoms with E-state index in [2.05, 4.69) is 25.7 Å². The van der Waals surface area contributed by atoms with Gasteiger partial charge in [-0.25, -0.2) is 0 Å². The van der Waals surface area contributed by atoms with Crippen LogP contribution in [0.5, 0.6) is 0 Å². The minimum Gasteiger partial charge on any atom is -0.338 e. The molecule has 0 aromatic heterocycles. The van der Waals surface area contributed by atoms with Crippen LogP contribution < -0.4 is 5.73 Å². The largest absolute Gasteiger partial charge is 0.338 e. The quantitative estimate of drug-likeness (QED) is 0.718. The summed E-state index contributed by atoms with van der Waals surface area (Å²) >= 11 is 0. The number of nitrogens with two attached hydrogens (primary N) is 1. The third-order valence-electron chi connectivity index (χ3n) is 3.96. The van der Waals surface area contributed by atoms with Gasteiger partial charge >= 0.3 is 0 Å². The van der Waals surface area contributed by atoms with Crippen LogP contribution >= 0.6 is 0 Å². The maximum Gasteiger partial charge on any atom is 0.230 e. The van der Waals surface area contributed by atoms with E-state index in [1.807, 2.05) is 25.9 Å². The maximum absolute atomic E-state index is 12.7. The molecule has 0 aliphatic rings. The summed E-state index contributed by atoms with van der Waals surface area (Å²) < 4.78 is 0. The molecule has 2 N–H and O–H groups in total. The molecule has 0 spiro atoms. The Hall–Kier alpha value is -0.610. The lowest BCUT2D eigenvalue weighted by Crippen LogP contribution is -2.52. The Balaban J connectivity index is 4.99. The topological polar surface area (TPSA) is 49.6 Å². The zero-order chi connectivity index (χ0) is 14.3. The second-order valence-electron chi connectivity index (χ2n) is 5.39. The van der Waals surface area contributed by atoms with Crippen LogP contribution in [0, 0.1) is 5.41 Å². The Kier molecular flexibility index (Phi) is 7.48. The van der Waals surface area contributed by atoms with Gasteiger partial charge in [-0.3, -0.25) is 4.79 Å². The van der Waals surface area contributed by atoms with Crippen molar-refractivity contribution in [2.75, 3.05) is 33.7 Å². The van der Waals surface area contributed by atoms with E-state index in [1.165, 1.54) is 0 Å². The monoisotopic (exact) mass is 257 g/mol. The van der Waals surface area contributed by atoms with Crippen LogP contribution in [0.4, 0.5) is 0 Å². The highest BCUT2D eigenvalue weighted by Crippen LogP contribution is 2.28. The fourth-order valence-electron chi connectivity index (χ4n) is 2.52. The van der Waals surface area contributed by atoms with Gasteiger partial charge in [-0.2, -0.15) is 0 Å². The Labute approximate surface area is 113 Å². The highest BCUT2D eigenvalue weighted by atomic mass is 16.2. The third kappa shape index (κ3) is 3.95. The molecule has 0 aliphatic heterocycles. The molecule has 0 bridgehead atoms. The highest BCUT2D eigenvalue weighted by molar-refractivity contribution is 5.83. The van der Waals surface area contributed by atoms with Crippen LogP contribution in [0.2, 0.25) is 0 Å². The molecule has 0 aromatic carbocycles. The van der Waals surface area contributed by atoms with Crippen LogP contribution in [0.25, 0.3) is 0 Å². The average molecular weight is 257 g/mol. The number of carbonyl (C=O) groups excluding carboxylic acids is 1. The molecule has 1 atom stereocenters. The first-order valence-corrected chi connectivity index (χ1v) is 7.04. The van der Waals surface area contributed by atoms with Gasteiger partial charge < -0.3 is 15.5 Å². The molecule has 0 aromatic rings. The SMILES string of the molecule is CCN(C(=O)C(CC)(CC)CN)C(C)CN(C)C. The smallest absolute Gasteiger partial charge is 0.230 e. The normalized spacial score (nSPS) is 13.8. The van der Waals surface area contributed by atoms with E-state index in [-0.39, 0.29) is 17.4 Å². The van der Waals surface area contributed by atoms with Crippen molar-refractivity contribution in [2.45, 2.75) is 46.6 Å². The Morgan fingerprint density at radius 3 is 2.00 bits per heavy atom. The molecular formula is C14H31N3O. The predicted molar refractivity (Wildman–Crippen MR) is 77.5 cm³/mol. The van der Waals surface area contributed by atoms with Gasteiger partial charge in [-0.1, -0.05) is 13.8 Å². The van der Waals surface area contributed by atoms with Crippen molar-refractivity contribution in [3.05, 3.63) is 0 Å². The fraction of sp³-hybridized carbons (Fsp3) is 0.929. The maximum atomic E-state index is 12.7. The molecule has 0 saturated heterocycles. The van der Waals surface area contributed by atoms with Crippen LogP contribution in [0.1, 0.15) is 40.5 Å². The van der Waals surface area contributed by atoms with Crippen LogP contribution in [0.15, 0.2) is 0 Å². The second-order valence-corrected chi connectivity index (χ2v) is 5.39. The number of hydrogen-bond acceptors (Lipinski definition) is 3. The summed E-state index contributed by atoms with van der Waals surface area (Å²) in [4.78, 5) is 16.8. The number of hydrogen-bond donors (Lipinski definition) is 1. The Morgan fingerprint density at radius 2 is 1.72 bits per heavy atom. The number of nitrogens with zero attached hydrogens (tertiary/aromatic N) is 2. The van der Waals surface area contributed by atoms with Gasteiger partial charge in [0.15, 0.2) is 0 Å². The van der Waals surface area contributed by atoms with Gasteiger partial charge in [0.2, 0.25) is 5.91 Å². The highest BCUT2D eigenvalue weighted by Gasteiger charge is 2.37. The summed E-state index contributed by atoms with van der Waals surface area (Å²) in [6, 6.07) is 0.224. The van der Waals surface area contributed by atoms with Crippen LogP contribution in [-0.4, -0.2) is 55.5 Å². The van der Waals surface area contributed by atoms with E-state index >= 15 is 0 Å². The fourth-order valence-corrected chi connectivity index (χ4v) is 2.52. The molecule has 18 heavy (non-hydrogen) atoms. The van der Waals surface area contributed by atoms with Crippen molar-refractivity contribution in [1.82, 2.24) is 9.80 Å². The molecule has 0 rings (SSSR count). The lowest BCUT2D eigenvalue weighted by molar-refractivity contribution is -0.144. The molecule has 0 radical (unpaired) electrons. The summed E-state index contributed by atoms with van der Waals surface area (Å²) in [6.45, 7) is 10.3. The summed E-state index contributed by atoms with van der Waals surface area (Å²) in [7, 11) is 4.06. The molecule has 1 amide bonds. The van der Waals surface area contributed by atoms with Gasteiger partial charge in [0.1, 0.15) is 0 Å². The lowest BCUT2D eigenvalue weighted by atomic mass is 9.80. The molecule has 0 heterocycles. The summed E-state index contributed by atoms with van der Waals surface area (Å²) in [5.41, 5.74) is 5.49. The minimum absolute atomic E-state index is 0.215. The van der Waals surface area contributed by atoms with Crippen molar-refractivity contribution < 1.29 is 4.79 Å². The number of rotatable bonds is 8. The van der Waals surface area contributed by atoms with Crippen molar-refractivity contribution in [3.8, 4) is 0 Å². The molecular weight excluding hydrogens is 226 g/mol. The van der Waals surface area contributed by atoms with Crippen molar-refractivity contribution in [3.63, 3.8) is 0 Å². The second kappa shape index (κ2) is 7.74.